The Hall–Kier alpha value is -1.85. The van der Waals surface area contributed by atoms with Crippen molar-refractivity contribution in [2.45, 2.75) is 6.85 Å². The van der Waals surface area contributed by atoms with E-state index < -0.39 is 6.85 Å². The first-order chi connectivity index (χ1) is 12.3. The zero-order chi connectivity index (χ0) is 18.5. The number of hydrogen-bond acceptors (Lipinski definition) is 5. The van der Waals surface area contributed by atoms with Gasteiger partial charge < -0.3 is 15.1 Å². The summed E-state index contributed by atoms with van der Waals surface area (Å²) < 4.78 is 32.4. The number of nitrogens with one attached hydrogen (secondary N) is 1. The van der Waals surface area contributed by atoms with Crippen LogP contribution in [-0.4, -0.2) is 43.0 Å². The van der Waals surface area contributed by atoms with Crippen LogP contribution in [0.4, 0.5) is 11.4 Å². The first kappa shape index (κ1) is 10.0. The molecule has 1 aromatic carbocycles. The monoisotopic (exact) mass is 316 g/mol. The predicted octanol–water partition coefficient (Wildman–Crippen LogP) is 1.75. The van der Waals surface area contributed by atoms with E-state index in [4.69, 9.17) is 5.48 Å². The van der Waals surface area contributed by atoms with E-state index in [1.165, 1.54) is 0 Å². The quantitative estimate of drug-likeness (QED) is 0.869. The average molecular weight is 316 g/mol. The van der Waals surface area contributed by atoms with Crippen molar-refractivity contribution >= 4 is 28.5 Å². The Morgan fingerprint density at radius 2 is 2.09 bits per heavy atom. The first-order valence-electron chi connectivity index (χ1n) is 9.37. The summed E-state index contributed by atoms with van der Waals surface area (Å²) in [7, 11) is 2.09. The number of hydrogen-bond donors (Lipinski definition) is 1. The van der Waals surface area contributed by atoms with Crippen LogP contribution in [0.5, 0.6) is 0 Å². The van der Waals surface area contributed by atoms with Crippen LogP contribution in [0.3, 0.4) is 0 Å². The summed E-state index contributed by atoms with van der Waals surface area (Å²) in [6.07, 6.45) is 0. The van der Waals surface area contributed by atoms with Crippen LogP contribution in [0.1, 0.15) is 10.4 Å². The number of nitrogens with zero attached hydrogens (tertiary/aromatic N) is 3. The molecule has 0 amide bonds. The molecule has 0 spiro atoms. The second-order valence-corrected chi connectivity index (χ2v) is 6.63. The minimum atomic E-state index is -2.31. The van der Waals surface area contributed by atoms with Gasteiger partial charge in [-0.05, 0) is 32.1 Å². The Kier molecular flexibility index (Phi) is 2.46. The molecule has 1 aromatic heterocycles. The molecule has 0 radical (unpaired) electrons. The number of fused-ring (bicyclic) bond motifs is 2. The fourth-order valence-corrected chi connectivity index (χ4v) is 3.56. The maximum atomic E-state index is 8.55. The molecule has 22 heavy (non-hydrogen) atoms. The zero-order valence-electron chi connectivity index (χ0n) is 16.4. The van der Waals surface area contributed by atoms with E-state index in [2.05, 4.69) is 27.2 Å². The first-order valence-corrected chi connectivity index (χ1v) is 8.19. The van der Waals surface area contributed by atoms with Crippen molar-refractivity contribution in [3.63, 3.8) is 0 Å². The Bertz CT molecular complexity index is 958. The fourth-order valence-electron chi connectivity index (χ4n) is 2.82. The van der Waals surface area contributed by atoms with Crippen molar-refractivity contribution in [1.29, 1.82) is 0 Å². The molecular weight excluding hydrogens is 292 g/mol. The van der Waals surface area contributed by atoms with Gasteiger partial charge in [0.05, 0.1) is 18.0 Å². The predicted molar refractivity (Wildman–Crippen MR) is 92.0 cm³/mol. The number of piperazine rings is 1. The molecule has 0 aliphatic carbocycles. The largest absolute Gasteiger partial charge is 0.355 e. The Morgan fingerprint density at radius 3 is 2.91 bits per heavy atom. The van der Waals surface area contributed by atoms with Gasteiger partial charge in [0, 0.05) is 35.2 Å². The molecule has 3 heterocycles. The van der Waals surface area contributed by atoms with E-state index in [9.17, 15) is 0 Å². The lowest BCUT2D eigenvalue weighted by atomic mass is 10.2. The summed E-state index contributed by atoms with van der Waals surface area (Å²) in [4.78, 5) is 9.24. The molecule has 1 fully saturated rings. The van der Waals surface area contributed by atoms with Gasteiger partial charge in [-0.25, -0.2) is 4.99 Å². The van der Waals surface area contributed by atoms with Gasteiger partial charge in [0.15, 0.2) is 0 Å². The van der Waals surface area contributed by atoms with Crippen LogP contribution in [0, 0.1) is 6.85 Å². The second kappa shape index (κ2) is 5.41. The molecule has 2 aliphatic heterocycles. The topological polar surface area (TPSA) is 30.9 Å². The summed E-state index contributed by atoms with van der Waals surface area (Å²) >= 11 is 1.10. The minimum Gasteiger partial charge on any atom is -0.355 e. The van der Waals surface area contributed by atoms with Gasteiger partial charge in [-0.3, -0.25) is 0 Å². The summed E-state index contributed by atoms with van der Waals surface area (Å²) in [6.45, 7) is 1.17. The molecule has 1 saturated heterocycles. The maximum Gasteiger partial charge on any atom is 0.127 e. The third kappa shape index (κ3) is 2.40. The van der Waals surface area contributed by atoms with Crippen molar-refractivity contribution < 1.29 is 5.48 Å². The number of benzene rings is 1. The molecular formula is C17H20N4S. The molecule has 1 N–H and O–H groups in total. The van der Waals surface area contributed by atoms with Crippen molar-refractivity contribution in [2.24, 2.45) is 4.99 Å². The van der Waals surface area contributed by atoms with Crippen molar-refractivity contribution in [1.82, 2.24) is 9.80 Å². The average Bonchev–Trinajstić information content (AvgIpc) is 2.82. The summed E-state index contributed by atoms with van der Waals surface area (Å²) in [6, 6.07) is 7.77. The van der Waals surface area contributed by atoms with Crippen LogP contribution >= 0.6 is 11.3 Å². The third-order valence-corrected chi connectivity index (χ3v) is 4.88. The molecule has 2 aromatic rings. The third-order valence-electron chi connectivity index (χ3n) is 4.09. The molecule has 4 rings (SSSR count). The van der Waals surface area contributed by atoms with E-state index in [0.717, 1.165) is 54.7 Å². The number of thiophene rings is 1. The van der Waals surface area contributed by atoms with Gasteiger partial charge >= 0.3 is 0 Å². The lowest BCUT2D eigenvalue weighted by Crippen LogP contribution is -2.47. The van der Waals surface area contributed by atoms with E-state index in [1.807, 2.05) is 24.3 Å². The second-order valence-electron chi connectivity index (χ2n) is 5.63. The molecule has 0 bridgehead atoms. The van der Waals surface area contributed by atoms with E-state index in [-0.39, 0.29) is 10.9 Å². The van der Waals surface area contributed by atoms with E-state index in [1.54, 1.807) is 0 Å². The van der Waals surface area contributed by atoms with Crippen molar-refractivity contribution in [3.05, 3.63) is 45.1 Å². The van der Waals surface area contributed by atoms with Crippen molar-refractivity contribution in [2.75, 3.05) is 38.5 Å². The van der Waals surface area contributed by atoms with Crippen LogP contribution in [0.2, 0.25) is 0 Å². The summed E-state index contributed by atoms with van der Waals surface area (Å²) in [5, 5.41) is 4.04. The van der Waals surface area contributed by atoms with Gasteiger partial charge in [0.1, 0.15) is 10.5 Å². The van der Waals surface area contributed by atoms with Gasteiger partial charge in [0.2, 0.25) is 0 Å². The lowest BCUT2D eigenvalue weighted by molar-refractivity contribution is 0.206. The number of para-hydroxylation sites is 2. The summed E-state index contributed by atoms with van der Waals surface area (Å²) in [5.41, 5.74) is 1.64. The standard InChI is InChI=1S/C17H20N4S/c1-12-11-13-16(21-9-7-20(2)8-10-21)18-14-5-3-4-6-15(14)19-17(13)22-12/h3-6,11,18H,7-10H2,1-2H3/i1D3,11D. The minimum absolute atomic E-state index is 0.0583. The van der Waals surface area contributed by atoms with Crippen molar-refractivity contribution in [3.8, 4) is 0 Å². The highest BCUT2D eigenvalue weighted by atomic mass is 32.1. The van der Waals surface area contributed by atoms with Crippen LogP contribution in [0.25, 0.3) is 5.82 Å². The number of likely N-dealkylation sites (N-methyl/N-ethyl adjacent to an activating group) is 1. The normalized spacial score (nSPS) is 21.3. The molecule has 0 atom stereocenters. The Labute approximate surface area is 140 Å². The smallest absolute Gasteiger partial charge is 0.127 e. The molecule has 0 saturated carbocycles. The SMILES string of the molecule is [2H]c1c(C([2H])([2H])[2H])sc2c1=C(N1CCN(C)CC1)Nc1ccccc1N=2. The number of aryl methyl sites for hydroxylation is 1. The van der Waals surface area contributed by atoms with Crippen LogP contribution < -0.4 is 15.2 Å². The number of anilines is 1. The zero-order valence-corrected chi connectivity index (χ0v) is 13.2. The number of rotatable bonds is 1. The van der Waals surface area contributed by atoms with E-state index >= 15 is 0 Å². The highest BCUT2D eigenvalue weighted by Crippen LogP contribution is 2.27. The highest BCUT2D eigenvalue weighted by Gasteiger charge is 2.20. The molecule has 4 nitrogen and oxygen atoms in total. The van der Waals surface area contributed by atoms with Crippen LogP contribution in [0.15, 0.2) is 35.3 Å². The van der Waals surface area contributed by atoms with Gasteiger partial charge in [-0.1, -0.05) is 12.1 Å². The Morgan fingerprint density at radius 1 is 1.27 bits per heavy atom. The molecule has 5 heteroatoms. The Balaban J connectivity index is 1.97. The van der Waals surface area contributed by atoms with Gasteiger partial charge in [-0.2, -0.15) is 0 Å². The van der Waals surface area contributed by atoms with E-state index in [0.29, 0.717) is 9.89 Å². The lowest BCUT2D eigenvalue weighted by Gasteiger charge is -2.35. The van der Waals surface area contributed by atoms with Gasteiger partial charge in [0.25, 0.3) is 0 Å². The molecule has 0 unspecified atom stereocenters. The van der Waals surface area contributed by atoms with Crippen LogP contribution in [-0.2, 0) is 0 Å². The summed E-state index contributed by atoms with van der Waals surface area (Å²) in [5.74, 6) is 0.790. The fraction of sp³-hybridized carbons (Fsp3) is 0.353. The van der Waals surface area contributed by atoms with Gasteiger partial charge in [-0.15, -0.1) is 11.3 Å². The highest BCUT2D eigenvalue weighted by molar-refractivity contribution is 7.09. The molecule has 114 valence electrons. The molecule has 2 aliphatic rings. The maximum absolute atomic E-state index is 8.55.